The topological polar surface area (TPSA) is 69.8 Å². The Labute approximate surface area is 107 Å². The van der Waals surface area contributed by atoms with Crippen LogP contribution in [0.4, 0.5) is 0 Å². The van der Waals surface area contributed by atoms with Crippen LogP contribution in [0.2, 0.25) is 0 Å². The Balaban J connectivity index is 1.88. The number of rotatable bonds is 3. The van der Waals surface area contributed by atoms with Crippen molar-refractivity contribution in [1.82, 2.24) is 20.8 Å². The molecule has 0 radical (unpaired) electrons. The quantitative estimate of drug-likeness (QED) is 0.695. The lowest BCUT2D eigenvalue weighted by atomic mass is 9.92. The minimum absolute atomic E-state index is 0.00402. The molecule has 98 valence electrons. The van der Waals surface area contributed by atoms with E-state index in [1.165, 1.54) is 0 Å². The molecular weight excluding hydrogens is 228 g/mol. The molecule has 0 unspecified atom stereocenters. The van der Waals surface area contributed by atoms with Gasteiger partial charge < -0.3 is 5.32 Å². The molecule has 2 heterocycles. The fourth-order valence-corrected chi connectivity index (χ4v) is 1.78. The number of nitrogens with zero attached hydrogens (tertiary/aromatic N) is 1. The van der Waals surface area contributed by atoms with E-state index in [2.05, 4.69) is 41.6 Å². The van der Waals surface area contributed by atoms with E-state index < -0.39 is 0 Å². The molecule has 1 atom stereocenters. The number of aromatic amines is 1. The van der Waals surface area contributed by atoms with E-state index >= 15 is 0 Å². The van der Waals surface area contributed by atoms with E-state index in [0.717, 1.165) is 17.9 Å². The maximum Gasteiger partial charge on any atom is 0.241 e. The second kappa shape index (κ2) is 4.94. The van der Waals surface area contributed by atoms with Crippen molar-refractivity contribution in [2.45, 2.75) is 38.8 Å². The number of aromatic nitrogens is 2. The average Bonchev–Trinajstić information content (AvgIpc) is 2.96. The lowest BCUT2D eigenvalue weighted by Crippen LogP contribution is -2.40. The first-order chi connectivity index (χ1) is 8.47. The summed E-state index contributed by atoms with van der Waals surface area (Å²) in [4.78, 5) is 11.8. The zero-order chi connectivity index (χ0) is 13.2. The largest absolute Gasteiger partial charge is 0.349 e. The molecule has 0 saturated heterocycles. The van der Waals surface area contributed by atoms with Crippen LogP contribution in [0.15, 0.2) is 18.2 Å². The molecule has 0 bridgehead atoms. The molecule has 1 aliphatic rings. The predicted molar refractivity (Wildman–Crippen MR) is 70.1 cm³/mol. The molecule has 5 nitrogen and oxygen atoms in total. The van der Waals surface area contributed by atoms with Crippen molar-refractivity contribution in [3.8, 4) is 0 Å². The predicted octanol–water partition coefficient (Wildman–Crippen LogP) is 0.851. The standard InChI is InChI=1S/C13H20N4O/c1-13(2,3)11-7-9(16-17-11)8-15-12(18)10-5-4-6-14-10/h4-5,7,10,14H,6,8H2,1-3H3,(H,15,18)(H,16,17)/t10-/m0/s1. The van der Waals surface area contributed by atoms with E-state index in [4.69, 9.17) is 0 Å². The van der Waals surface area contributed by atoms with E-state index in [9.17, 15) is 4.79 Å². The summed E-state index contributed by atoms with van der Waals surface area (Å²) in [5.41, 5.74) is 1.95. The maximum atomic E-state index is 11.8. The van der Waals surface area contributed by atoms with Gasteiger partial charge in [-0.15, -0.1) is 0 Å². The van der Waals surface area contributed by atoms with Crippen molar-refractivity contribution in [3.63, 3.8) is 0 Å². The molecule has 2 rings (SSSR count). The average molecular weight is 248 g/mol. The van der Waals surface area contributed by atoms with Crippen molar-refractivity contribution in [2.75, 3.05) is 6.54 Å². The summed E-state index contributed by atoms with van der Waals surface area (Å²) in [5, 5.41) is 13.2. The Hall–Kier alpha value is -1.62. The fraction of sp³-hybridized carbons (Fsp3) is 0.538. The minimum Gasteiger partial charge on any atom is -0.349 e. The van der Waals surface area contributed by atoms with Crippen LogP contribution in [-0.2, 0) is 16.8 Å². The highest BCUT2D eigenvalue weighted by atomic mass is 16.2. The highest BCUT2D eigenvalue weighted by Crippen LogP contribution is 2.20. The van der Waals surface area contributed by atoms with Gasteiger partial charge in [-0.1, -0.05) is 32.9 Å². The van der Waals surface area contributed by atoms with Gasteiger partial charge in [-0.25, -0.2) is 0 Å². The summed E-state index contributed by atoms with van der Waals surface area (Å²) in [6.45, 7) is 7.57. The molecule has 0 aromatic carbocycles. The van der Waals surface area contributed by atoms with Crippen LogP contribution < -0.4 is 10.6 Å². The van der Waals surface area contributed by atoms with Gasteiger partial charge in [0.15, 0.2) is 0 Å². The smallest absolute Gasteiger partial charge is 0.241 e. The number of amides is 1. The maximum absolute atomic E-state index is 11.8. The lowest BCUT2D eigenvalue weighted by molar-refractivity contribution is -0.122. The van der Waals surface area contributed by atoms with Gasteiger partial charge in [0.1, 0.15) is 6.04 Å². The Morgan fingerprint density at radius 2 is 2.33 bits per heavy atom. The molecule has 5 heteroatoms. The number of hydrogen-bond acceptors (Lipinski definition) is 3. The molecule has 0 fully saturated rings. The normalized spacial score (nSPS) is 19.2. The number of carbonyl (C=O) groups excluding carboxylic acids is 1. The third-order valence-corrected chi connectivity index (χ3v) is 2.92. The van der Waals surface area contributed by atoms with Gasteiger partial charge in [0.25, 0.3) is 0 Å². The Morgan fingerprint density at radius 1 is 1.56 bits per heavy atom. The van der Waals surface area contributed by atoms with Crippen molar-refractivity contribution >= 4 is 5.91 Å². The monoisotopic (exact) mass is 248 g/mol. The van der Waals surface area contributed by atoms with E-state index in [1.54, 1.807) is 0 Å². The van der Waals surface area contributed by atoms with E-state index in [-0.39, 0.29) is 17.4 Å². The third-order valence-electron chi connectivity index (χ3n) is 2.92. The van der Waals surface area contributed by atoms with Gasteiger partial charge in [0.2, 0.25) is 5.91 Å². The van der Waals surface area contributed by atoms with E-state index in [0.29, 0.717) is 6.54 Å². The zero-order valence-electron chi connectivity index (χ0n) is 11.1. The van der Waals surface area contributed by atoms with Crippen molar-refractivity contribution < 1.29 is 4.79 Å². The molecule has 18 heavy (non-hydrogen) atoms. The van der Waals surface area contributed by atoms with Gasteiger partial charge in [-0.2, -0.15) is 5.10 Å². The van der Waals surface area contributed by atoms with Gasteiger partial charge in [-0.05, 0) is 6.07 Å². The Morgan fingerprint density at radius 3 is 2.89 bits per heavy atom. The summed E-state index contributed by atoms with van der Waals surface area (Å²) in [5.74, 6) is -0.00402. The number of hydrogen-bond donors (Lipinski definition) is 3. The van der Waals surface area contributed by atoms with Crippen LogP contribution in [-0.4, -0.2) is 28.7 Å². The molecule has 1 amide bonds. The zero-order valence-corrected chi connectivity index (χ0v) is 11.1. The highest BCUT2D eigenvalue weighted by molar-refractivity contribution is 5.84. The number of H-pyrrole nitrogens is 1. The first-order valence-electron chi connectivity index (χ1n) is 6.19. The molecular formula is C13H20N4O. The molecule has 1 aromatic rings. The Bertz CT molecular complexity index is 456. The SMILES string of the molecule is CC(C)(C)c1cc(CNC(=O)[C@@H]2C=CCN2)[nH]n1. The lowest BCUT2D eigenvalue weighted by Gasteiger charge is -2.13. The highest BCUT2D eigenvalue weighted by Gasteiger charge is 2.19. The van der Waals surface area contributed by atoms with Crippen LogP contribution in [0.25, 0.3) is 0 Å². The van der Waals surface area contributed by atoms with Crippen LogP contribution in [0.1, 0.15) is 32.2 Å². The van der Waals surface area contributed by atoms with Crippen LogP contribution in [0.3, 0.4) is 0 Å². The molecule has 1 aromatic heterocycles. The van der Waals surface area contributed by atoms with Crippen LogP contribution in [0.5, 0.6) is 0 Å². The summed E-state index contributed by atoms with van der Waals surface area (Å²) in [6, 6.07) is 1.80. The summed E-state index contributed by atoms with van der Waals surface area (Å²) < 4.78 is 0. The van der Waals surface area contributed by atoms with Gasteiger partial charge >= 0.3 is 0 Å². The summed E-state index contributed by atoms with van der Waals surface area (Å²) in [7, 11) is 0. The molecule has 0 spiro atoms. The minimum atomic E-state index is -0.199. The van der Waals surface area contributed by atoms with E-state index in [1.807, 2.05) is 18.2 Å². The first kappa shape index (κ1) is 12.8. The number of carbonyl (C=O) groups is 1. The second-order valence-corrected chi connectivity index (χ2v) is 5.56. The molecule has 3 N–H and O–H groups in total. The van der Waals surface area contributed by atoms with Crippen LogP contribution >= 0.6 is 0 Å². The molecule has 0 saturated carbocycles. The van der Waals surface area contributed by atoms with Crippen molar-refractivity contribution in [3.05, 3.63) is 29.6 Å². The first-order valence-corrected chi connectivity index (χ1v) is 6.19. The third kappa shape index (κ3) is 2.98. The summed E-state index contributed by atoms with van der Waals surface area (Å²) in [6.07, 6.45) is 3.83. The molecule has 1 aliphatic heterocycles. The Kier molecular flexibility index (Phi) is 3.52. The molecule has 0 aliphatic carbocycles. The number of nitrogens with one attached hydrogen (secondary N) is 3. The fourth-order valence-electron chi connectivity index (χ4n) is 1.78. The second-order valence-electron chi connectivity index (χ2n) is 5.56. The van der Waals surface area contributed by atoms with Crippen molar-refractivity contribution in [2.24, 2.45) is 0 Å². The van der Waals surface area contributed by atoms with Crippen molar-refractivity contribution in [1.29, 1.82) is 0 Å². The summed E-state index contributed by atoms with van der Waals surface area (Å²) >= 11 is 0. The van der Waals surface area contributed by atoms with Crippen LogP contribution in [0, 0.1) is 0 Å². The van der Waals surface area contributed by atoms with Gasteiger partial charge in [-0.3, -0.25) is 15.2 Å². The van der Waals surface area contributed by atoms with Gasteiger partial charge in [0.05, 0.1) is 17.9 Å². The van der Waals surface area contributed by atoms with Gasteiger partial charge in [0, 0.05) is 12.0 Å².